The molecule has 0 aliphatic rings. The Labute approximate surface area is 130 Å². The number of benzene rings is 1. The minimum atomic E-state index is -0.254. The molecule has 0 unspecified atom stereocenters. The van der Waals surface area contributed by atoms with Gasteiger partial charge in [0, 0.05) is 10.9 Å². The van der Waals surface area contributed by atoms with Gasteiger partial charge in [-0.05, 0) is 18.1 Å². The minimum absolute atomic E-state index is 0.200. The van der Waals surface area contributed by atoms with Gasteiger partial charge in [0.25, 0.3) is 5.56 Å². The maximum absolute atomic E-state index is 12.3. The van der Waals surface area contributed by atoms with Crippen molar-refractivity contribution in [3.63, 3.8) is 0 Å². The zero-order valence-electron chi connectivity index (χ0n) is 11.8. The molecule has 0 fully saturated rings. The summed E-state index contributed by atoms with van der Waals surface area (Å²) in [5.41, 5.74) is 1.79. The third-order valence-electron chi connectivity index (χ3n) is 3.18. The molecular formula is C16H13N3O2S. The van der Waals surface area contributed by atoms with Crippen LogP contribution in [0.1, 0.15) is 5.56 Å². The number of thiophene rings is 1. The van der Waals surface area contributed by atoms with E-state index < -0.39 is 0 Å². The van der Waals surface area contributed by atoms with Crippen molar-refractivity contribution < 1.29 is 5.11 Å². The first-order valence-corrected chi connectivity index (χ1v) is 7.46. The van der Waals surface area contributed by atoms with E-state index in [1.54, 1.807) is 0 Å². The van der Waals surface area contributed by atoms with E-state index in [0.717, 1.165) is 16.0 Å². The van der Waals surface area contributed by atoms with Crippen molar-refractivity contribution in [2.24, 2.45) is 0 Å². The van der Waals surface area contributed by atoms with Gasteiger partial charge in [0.05, 0.1) is 5.39 Å². The van der Waals surface area contributed by atoms with Gasteiger partial charge < -0.3 is 5.11 Å². The molecular weight excluding hydrogens is 298 g/mol. The van der Waals surface area contributed by atoms with Crippen molar-refractivity contribution in [2.45, 2.75) is 6.92 Å². The number of hydrogen-bond donors (Lipinski definition) is 3. The zero-order valence-corrected chi connectivity index (χ0v) is 12.6. The van der Waals surface area contributed by atoms with E-state index in [1.165, 1.54) is 11.3 Å². The van der Waals surface area contributed by atoms with Gasteiger partial charge in [-0.15, -0.1) is 11.3 Å². The molecule has 6 heteroatoms. The van der Waals surface area contributed by atoms with Crippen LogP contribution in [-0.4, -0.2) is 21.7 Å². The number of H-pyrrole nitrogens is 1. The molecule has 0 radical (unpaired) electrons. The van der Waals surface area contributed by atoms with Crippen LogP contribution in [0.4, 0.5) is 5.95 Å². The van der Waals surface area contributed by atoms with Crippen molar-refractivity contribution in [2.75, 3.05) is 11.9 Å². The highest BCUT2D eigenvalue weighted by molar-refractivity contribution is 7.22. The molecule has 0 saturated heterocycles. The molecule has 0 aliphatic carbocycles. The van der Waals surface area contributed by atoms with Crippen molar-refractivity contribution in [1.82, 2.24) is 9.97 Å². The fourth-order valence-electron chi connectivity index (χ4n) is 2.21. The Morgan fingerprint density at radius 2 is 2.14 bits per heavy atom. The lowest BCUT2D eigenvalue weighted by Gasteiger charge is -1.98. The van der Waals surface area contributed by atoms with Crippen LogP contribution in [0.5, 0.6) is 0 Å². The number of nitrogens with zero attached hydrogens (tertiary/aromatic N) is 1. The topological polar surface area (TPSA) is 78.0 Å². The predicted molar refractivity (Wildman–Crippen MR) is 88.9 cm³/mol. The first-order valence-electron chi connectivity index (χ1n) is 6.64. The van der Waals surface area contributed by atoms with Gasteiger partial charge in [0.1, 0.15) is 11.4 Å². The summed E-state index contributed by atoms with van der Waals surface area (Å²) in [5.74, 6) is 2.72. The molecule has 1 aromatic carbocycles. The van der Waals surface area contributed by atoms with Gasteiger partial charge in [-0.2, -0.15) is 0 Å². The molecule has 0 amide bonds. The van der Waals surface area contributed by atoms with Crippen LogP contribution in [0.2, 0.25) is 0 Å². The van der Waals surface area contributed by atoms with Crippen molar-refractivity contribution in [1.29, 1.82) is 0 Å². The second-order valence-corrected chi connectivity index (χ2v) is 5.60. The summed E-state index contributed by atoms with van der Waals surface area (Å²) in [4.78, 5) is 21.0. The van der Waals surface area contributed by atoms with Crippen molar-refractivity contribution in [3.05, 3.63) is 46.2 Å². The number of aromatic amines is 1. The molecule has 110 valence electrons. The highest BCUT2D eigenvalue weighted by atomic mass is 32.1. The summed E-state index contributed by atoms with van der Waals surface area (Å²) >= 11 is 1.48. The van der Waals surface area contributed by atoms with Crippen LogP contribution in [0.3, 0.4) is 0 Å². The largest absolute Gasteiger partial charge is 0.384 e. The number of aliphatic hydroxyl groups excluding tert-OH is 1. The van der Waals surface area contributed by atoms with Crippen LogP contribution in [0.25, 0.3) is 20.7 Å². The molecule has 0 aliphatic heterocycles. The lowest BCUT2D eigenvalue weighted by Crippen LogP contribution is -2.10. The molecule has 3 aromatic rings. The Hall–Kier alpha value is -2.62. The smallest absolute Gasteiger partial charge is 0.261 e. The van der Waals surface area contributed by atoms with Crippen LogP contribution < -0.4 is 10.9 Å². The normalized spacial score (nSPS) is 10.3. The number of hydrogen-bond acceptors (Lipinski definition) is 5. The molecule has 3 N–H and O–H groups in total. The molecule has 5 nitrogen and oxygen atoms in total. The van der Waals surface area contributed by atoms with Crippen LogP contribution in [0.15, 0.2) is 35.1 Å². The number of anilines is 1. The van der Waals surface area contributed by atoms with E-state index in [-0.39, 0.29) is 18.1 Å². The third kappa shape index (κ3) is 2.60. The second-order valence-electron chi connectivity index (χ2n) is 4.60. The summed E-state index contributed by atoms with van der Waals surface area (Å²) in [7, 11) is 0. The summed E-state index contributed by atoms with van der Waals surface area (Å²) in [6, 6.07) is 12.4. The predicted octanol–water partition coefficient (Wildman–Crippen LogP) is 2.33. The van der Waals surface area contributed by atoms with Crippen molar-refractivity contribution >= 4 is 27.5 Å². The summed E-state index contributed by atoms with van der Waals surface area (Å²) < 4.78 is 0. The van der Waals surface area contributed by atoms with E-state index in [9.17, 15) is 4.79 Å². The summed E-state index contributed by atoms with van der Waals surface area (Å²) in [6.45, 7) is 1.67. The van der Waals surface area contributed by atoms with Crippen LogP contribution >= 0.6 is 11.3 Å². The Morgan fingerprint density at radius 3 is 2.86 bits per heavy atom. The molecule has 0 saturated carbocycles. The summed E-state index contributed by atoms with van der Waals surface area (Å²) in [5, 5.41) is 11.9. The SMILES string of the molecule is Cc1c(-c2ccccc2)sc2nc(NC#CCO)[nH]c(=O)c12. The second kappa shape index (κ2) is 6.02. The molecule has 0 atom stereocenters. The number of rotatable bonds is 2. The van der Waals surface area contributed by atoms with E-state index in [1.807, 2.05) is 37.3 Å². The lowest BCUT2D eigenvalue weighted by atomic mass is 10.1. The Bertz CT molecular complexity index is 933. The number of aromatic nitrogens is 2. The highest BCUT2D eigenvalue weighted by Gasteiger charge is 2.15. The fraction of sp³-hybridized carbons (Fsp3) is 0.125. The Morgan fingerprint density at radius 1 is 1.36 bits per heavy atom. The van der Waals surface area contributed by atoms with Gasteiger partial charge in [0.15, 0.2) is 0 Å². The van der Waals surface area contributed by atoms with Gasteiger partial charge >= 0.3 is 0 Å². The van der Waals surface area contributed by atoms with Crippen LogP contribution in [-0.2, 0) is 0 Å². The standard InChI is InChI=1S/C16H13N3O2S/c1-10-12-14(21)18-16(17-8-5-9-20)19-15(12)22-13(10)11-6-3-2-4-7-11/h2-4,6-7,20H,9H2,1H3,(H2,17,18,19,21). The maximum Gasteiger partial charge on any atom is 0.261 e. The minimum Gasteiger partial charge on any atom is -0.384 e. The molecule has 2 aromatic heterocycles. The average Bonchev–Trinajstić information content (AvgIpc) is 2.86. The number of nitrogens with one attached hydrogen (secondary N) is 2. The van der Waals surface area contributed by atoms with Gasteiger partial charge in [-0.3, -0.25) is 15.1 Å². The number of fused-ring (bicyclic) bond motifs is 1. The Kier molecular flexibility index (Phi) is 3.92. The monoisotopic (exact) mass is 311 g/mol. The molecule has 0 bridgehead atoms. The van der Waals surface area contributed by atoms with Crippen molar-refractivity contribution in [3.8, 4) is 22.4 Å². The average molecular weight is 311 g/mol. The first-order chi connectivity index (χ1) is 10.7. The zero-order chi connectivity index (χ0) is 15.5. The molecule has 0 spiro atoms. The molecule has 3 rings (SSSR count). The van der Waals surface area contributed by atoms with Gasteiger partial charge in [0.2, 0.25) is 5.95 Å². The van der Waals surface area contributed by atoms with E-state index >= 15 is 0 Å². The van der Waals surface area contributed by atoms with Gasteiger partial charge in [-0.1, -0.05) is 36.3 Å². The first kappa shape index (κ1) is 14.3. The van der Waals surface area contributed by atoms with E-state index in [4.69, 9.17) is 5.11 Å². The van der Waals surface area contributed by atoms with Crippen LogP contribution in [0, 0.1) is 18.9 Å². The summed E-state index contributed by atoms with van der Waals surface area (Å²) in [6.07, 6.45) is 0. The Balaban J connectivity index is 2.14. The van der Waals surface area contributed by atoms with E-state index in [0.29, 0.717) is 10.2 Å². The van der Waals surface area contributed by atoms with E-state index in [2.05, 4.69) is 27.2 Å². The fourth-order valence-corrected chi connectivity index (χ4v) is 3.40. The molecule has 2 heterocycles. The third-order valence-corrected chi connectivity index (χ3v) is 4.42. The quantitative estimate of drug-likeness (QED) is 0.501. The number of aryl methyl sites for hydroxylation is 1. The number of aliphatic hydroxyl groups is 1. The molecule has 22 heavy (non-hydrogen) atoms. The lowest BCUT2D eigenvalue weighted by molar-refractivity contribution is 0.350. The van der Waals surface area contributed by atoms with Gasteiger partial charge in [-0.25, -0.2) is 4.98 Å². The highest BCUT2D eigenvalue weighted by Crippen LogP contribution is 2.35. The maximum atomic E-state index is 12.3.